The van der Waals surface area contributed by atoms with E-state index < -0.39 is 5.79 Å². The minimum absolute atomic E-state index is 0.0347. The molecule has 1 aromatic rings. The van der Waals surface area contributed by atoms with Crippen LogP contribution < -0.4 is 0 Å². The van der Waals surface area contributed by atoms with Gasteiger partial charge in [0, 0.05) is 5.56 Å². The fraction of sp³-hybridized carbons (Fsp3) is 0.500. The smallest absolute Gasteiger partial charge is 0.213 e. The van der Waals surface area contributed by atoms with Crippen molar-refractivity contribution in [2.24, 2.45) is 0 Å². The fourth-order valence-electron chi connectivity index (χ4n) is 2.62. The van der Waals surface area contributed by atoms with Crippen molar-refractivity contribution in [3.05, 3.63) is 29.8 Å². The lowest BCUT2D eigenvalue weighted by Gasteiger charge is -2.48. The van der Waals surface area contributed by atoms with Gasteiger partial charge >= 0.3 is 0 Å². The number of hydrogen-bond donors (Lipinski definition) is 1. The Kier molecular flexibility index (Phi) is 4.68. The molecule has 5 nitrogen and oxygen atoms in total. The summed E-state index contributed by atoms with van der Waals surface area (Å²) in [6.07, 6.45) is 0. The molecule has 1 N–H and O–H groups in total. The normalized spacial score (nSPS) is 12.5. The molecule has 1 rings (SSSR count). The average Bonchev–Trinajstić information content (AvgIpc) is 2.28. The van der Waals surface area contributed by atoms with E-state index in [2.05, 4.69) is 0 Å². The third-order valence-corrected chi connectivity index (χ3v) is 3.30. The Balaban J connectivity index is 3.33. The second-order valence-electron chi connectivity index (χ2n) is 5.19. The van der Waals surface area contributed by atoms with E-state index in [-0.39, 0.29) is 11.5 Å². The monoisotopic (exact) mass is 265 g/mol. The number of phenolic OH excluding ortho intramolecular Hbond substituents is 1. The van der Waals surface area contributed by atoms with Crippen LogP contribution in [0.25, 0.3) is 0 Å². The number of ketones is 1. The van der Waals surface area contributed by atoms with Gasteiger partial charge in [-0.3, -0.25) is 19.5 Å². The van der Waals surface area contributed by atoms with E-state index in [9.17, 15) is 9.90 Å². The minimum Gasteiger partial charge on any atom is -0.508 e. The van der Waals surface area contributed by atoms with E-state index in [1.165, 1.54) is 12.1 Å². The zero-order valence-electron chi connectivity index (χ0n) is 12.5. The van der Waals surface area contributed by atoms with Crippen LogP contribution in [0.2, 0.25) is 0 Å². The molecule has 0 aromatic heterocycles. The average molecular weight is 265 g/mol. The number of rotatable bonds is 5. The van der Waals surface area contributed by atoms with Crippen LogP contribution in [0.15, 0.2) is 24.3 Å². The van der Waals surface area contributed by atoms with Gasteiger partial charge in [0.15, 0.2) is 5.79 Å². The maximum Gasteiger partial charge on any atom is 0.213 e. The number of Topliss-reactive ketones (excluding diaryl/α,β-unsaturated/α-hetero) is 1. The Hall–Kier alpha value is -1.43. The molecule has 0 radical (unpaired) electrons. The molecule has 106 valence electrons. The molecule has 0 aliphatic heterocycles. The van der Waals surface area contributed by atoms with Gasteiger partial charge in [-0.05, 0) is 66.6 Å². The highest BCUT2D eigenvalue weighted by Gasteiger charge is 2.45. The van der Waals surface area contributed by atoms with Crippen LogP contribution >= 0.6 is 0 Å². The Labute approximate surface area is 115 Å². The zero-order valence-corrected chi connectivity index (χ0v) is 12.5. The Morgan fingerprint density at radius 3 is 1.58 bits per heavy atom. The first-order valence-electron chi connectivity index (χ1n) is 6.10. The van der Waals surface area contributed by atoms with Crippen LogP contribution in [0, 0.1) is 0 Å². The van der Waals surface area contributed by atoms with Crippen LogP contribution in [-0.2, 0) is 0 Å². The van der Waals surface area contributed by atoms with Crippen molar-refractivity contribution in [3.63, 3.8) is 0 Å². The van der Waals surface area contributed by atoms with E-state index >= 15 is 0 Å². The predicted octanol–water partition coefficient (Wildman–Crippen LogP) is 0.913. The van der Waals surface area contributed by atoms with E-state index in [0.29, 0.717) is 5.56 Å². The van der Waals surface area contributed by atoms with Gasteiger partial charge in [-0.2, -0.15) is 0 Å². The van der Waals surface area contributed by atoms with Crippen molar-refractivity contribution in [2.45, 2.75) is 5.79 Å². The van der Waals surface area contributed by atoms with Gasteiger partial charge in [-0.25, -0.2) is 0 Å². The number of likely N-dealkylation sites (N-methyl/N-ethyl adjacent to an activating group) is 3. The van der Waals surface area contributed by atoms with Crippen LogP contribution in [0.5, 0.6) is 5.75 Å². The Morgan fingerprint density at radius 2 is 1.26 bits per heavy atom. The minimum atomic E-state index is -0.864. The maximum atomic E-state index is 12.9. The van der Waals surface area contributed by atoms with E-state index in [0.717, 1.165) is 0 Å². The Morgan fingerprint density at radius 1 is 0.895 bits per heavy atom. The molecule has 0 spiro atoms. The summed E-state index contributed by atoms with van der Waals surface area (Å²) in [5, 5.41) is 9.33. The third-order valence-electron chi connectivity index (χ3n) is 3.30. The van der Waals surface area contributed by atoms with Crippen LogP contribution in [-0.4, -0.2) is 73.7 Å². The summed E-state index contributed by atoms with van der Waals surface area (Å²) in [6, 6.07) is 6.34. The first kappa shape index (κ1) is 15.6. The maximum absolute atomic E-state index is 12.9. The summed E-state index contributed by atoms with van der Waals surface area (Å²) in [5.41, 5.74) is 0.564. The predicted molar refractivity (Wildman–Crippen MR) is 76.2 cm³/mol. The van der Waals surface area contributed by atoms with E-state index in [4.69, 9.17) is 0 Å². The molecule has 0 aliphatic carbocycles. The number of carbonyl (C=O) groups excluding carboxylic acids is 1. The highest BCUT2D eigenvalue weighted by atomic mass is 16.3. The molecule has 0 unspecified atom stereocenters. The van der Waals surface area contributed by atoms with Crippen LogP contribution in [0.4, 0.5) is 0 Å². The first-order valence-corrected chi connectivity index (χ1v) is 6.10. The van der Waals surface area contributed by atoms with Gasteiger partial charge in [-0.1, -0.05) is 0 Å². The van der Waals surface area contributed by atoms with Crippen molar-refractivity contribution >= 4 is 5.78 Å². The van der Waals surface area contributed by atoms with Crippen molar-refractivity contribution in [1.82, 2.24) is 14.7 Å². The van der Waals surface area contributed by atoms with Crippen molar-refractivity contribution in [2.75, 3.05) is 42.3 Å². The number of hydrogen-bond acceptors (Lipinski definition) is 5. The lowest BCUT2D eigenvalue weighted by Crippen LogP contribution is -2.68. The topological polar surface area (TPSA) is 47.0 Å². The summed E-state index contributed by atoms with van der Waals surface area (Å²) in [5.74, 6) is -0.744. The molecule has 5 heteroatoms. The van der Waals surface area contributed by atoms with Crippen molar-refractivity contribution in [3.8, 4) is 5.75 Å². The SMILES string of the molecule is CN(C)C(C(=O)c1ccc(O)cc1)(N(C)C)N(C)C. The second-order valence-corrected chi connectivity index (χ2v) is 5.19. The second kappa shape index (κ2) is 5.69. The largest absolute Gasteiger partial charge is 0.508 e. The molecule has 0 bridgehead atoms. The molecule has 0 atom stereocenters. The lowest BCUT2D eigenvalue weighted by atomic mass is 10.0. The van der Waals surface area contributed by atoms with Gasteiger partial charge in [0.05, 0.1) is 0 Å². The third kappa shape index (κ3) is 2.63. The van der Waals surface area contributed by atoms with Crippen LogP contribution in [0.3, 0.4) is 0 Å². The van der Waals surface area contributed by atoms with Gasteiger partial charge in [0.1, 0.15) is 5.75 Å². The number of nitrogens with zero attached hydrogens (tertiary/aromatic N) is 3. The molecule has 0 fully saturated rings. The van der Waals surface area contributed by atoms with Gasteiger partial charge < -0.3 is 5.11 Å². The van der Waals surface area contributed by atoms with Crippen molar-refractivity contribution in [1.29, 1.82) is 0 Å². The zero-order chi connectivity index (χ0) is 14.8. The van der Waals surface area contributed by atoms with Crippen molar-refractivity contribution < 1.29 is 9.90 Å². The highest BCUT2D eigenvalue weighted by Crippen LogP contribution is 2.24. The number of benzene rings is 1. The molecule has 0 amide bonds. The highest BCUT2D eigenvalue weighted by molar-refractivity contribution is 6.02. The standard InChI is InChI=1S/C14H23N3O2/c1-15(2)14(16(3)4,17(5)6)13(19)11-7-9-12(18)10-8-11/h7-10,18H,1-6H3. The molecular weight excluding hydrogens is 242 g/mol. The summed E-state index contributed by atoms with van der Waals surface area (Å²) >= 11 is 0. The summed E-state index contributed by atoms with van der Waals surface area (Å²) in [6.45, 7) is 0. The fourth-order valence-corrected chi connectivity index (χ4v) is 2.62. The van der Waals surface area contributed by atoms with Crippen LogP contribution in [0.1, 0.15) is 10.4 Å². The van der Waals surface area contributed by atoms with Gasteiger partial charge in [-0.15, -0.1) is 0 Å². The summed E-state index contributed by atoms with van der Waals surface area (Å²) in [7, 11) is 11.2. The quantitative estimate of drug-likeness (QED) is 0.633. The summed E-state index contributed by atoms with van der Waals surface area (Å²) in [4.78, 5) is 18.5. The lowest BCUT2D eigenvalue weighted by molar-refractivity contribution is -0.0748. The number of carbonyl (C=O) groups is 1. The van der Waals surface area contributed by atoms with E-state index in [1.807, 2.05) is 57.0 Å². The van der Waals surface area contributed by atoms with E-state index in [1.54, 1.807) is 12.1 Å². The summed E-state index contributed by atoms with van der Waals surface area (Å²) < 4.78 is 0. The van der Waals surface area contributed by atoms with Gasteiger partial charge in [0.2, 0.25) is 5.78 Å². The molecule has 19 heavy (non-hydrogen) atoms. The number of phenols is 1. The molecule has 1 aromatic carbocycles. The molecule has 0 aliphatic rings. The number of aromatic hydroxyl groups is 1. The molecule has 0 saturated heterocycles. The molecular formula is C14H23N3O2. The first-order chi connectivity index (χ1) is 8.74. The Bertz CT molecular complexity index is 417. The molecule has 0 saturated carbocycles. The van der Waals surface area contributed by atoms with Gasteiger partial charge in [0.25, 0.3) is 0 Å². The molecule has 0 heterocycles.